The second-order valence-electron chi connectivity index (χ2n) is 6.20. The van der Waals surface area contributed by atoms with Crippen molar-refractivity contribution in [3.05, 3.63) is 51.1 Å². The standard InChI is InChI=1S/C18H21N3O3S/c1-11-7-15(13(3)21(11)12(2)9-24-4)16(22)8-20-10-19-17-14(18(20)23)5-6-25-17/h5-7,10,12H,8-9H2,1-4H3/t12-/m1/s1. The van der Waals surface area contributed by atoms with Gasteiger partial charge in [-0.1, -0.05) is 0 Å². The van der Waals surface area contributed by atoms with Crippen molar-refractivity contribution in [2.75, 3.05) is 13.7 Å². The average molecular weight is 359 g/mol. The normalized spacial score (nSPS) is 12.6. The van der Waals surface area contributed by atoms with E-state index in [-0.39, 0.29) is 23.9 Å². The van der Waals surface area contributed by atoms with Gasteiger partial charge in [0.2, 0.25) is 0 Å². The predicted molar refractivity (Wildman–Crippen MR) is 98.7 cm³/mol. The Labute approximate surface area is 149 Å². The van der Waals surface area contributed by atoms with Crippen molar-refractivity contribution in [3.8, 4) is 0 Å². The van der Waals surface area contributed by atoms with Crippen LogP contribution in [-0.4, -0.2) is 33.6 Å². The van der Waals surface area contributed by atoms with Crippen molar-refractivity contribution in [1.82, 2.24) is 14.1 Å². The third kappa shape index (κ3) is 3.17. The molecule has 3 aromatic heterocycles. The first-order valence-corrected chi connectivity index (χ1v) is 8.95. The summed E-state index contributed by atoms with van der Waals surface area (Å²) in [6.07, 6.45) is 1.45. The van der Waals surface area contributed by atoms with Crippen LogP contribution in [0.5, 0.6) is 0 Å². The number of Topliss-reactive ketones (excluding diaryl/α,β-unsaturated/α-hetero) is 1. The monoisotopic (exact) mass is 359 g/mol. The molecule has 0 spiro atoms. The quantitative estimate of drug-likeness (QED) is 0.635. The fourth-order valence-corrected chi connectivity index (χ4v) is 4.02. The van der Waals surface area contributed by atoms with Crippen LogP contribution in [0.25, 0.3) is 10.2 Å². The summed E-state index contributed by atoms with van der Waals surface area (Å²) in [6, 6.07) is 3.76. The minimum absolute atomic E-state index is 0.0133. The number of methoxy groups -OCH3 is 1. The first kappa shape index (κ1) is 17.6. The number of carbonyl (C=O) groups excluding carboxylic acids is 1. The molecule has 0 aliphatic rings. The Morgan fingerprint density at radius 2 is 2.16 bits per heavy atom. The molecule has 6 nitrogen and oxygen atoms in total. The van der Waals surface area contributed by atoms with Gasteiger partial charge in [0, 0.05) is 24.1 Å². The highest BCUT2D eigenvalue weighted by molar-refractivity contribution is 7.16. The van der Waals surface area contributed by atoms with Gasteiger partial charge in [-0.3, -0.25) is 14.2 Å². The maximum atomic E-state index is 12.8. The molecule has 0 fully saturated rings. The summed E-state index contributed by atoms with van der Waals surface area (Å²) in [6.45, 7) is 6.51. The highest BCUT2D eigenvalue weighted by Crippen LogP contribution is 2.21. The zero-order valence-electron chi connectivity index (χ0n) is 14.8. The molecule has 0 aromatic carbocycles. The Morgan fingerprint density at radius 1 is 1.40 bits per heavy atom. The van der Waals surface area contributed by atoms with E-state index in [0.29, 0.717) is 22.4 Å². The summed E-state index contributed by atoms with van der Waals surface area (Å²) in [5, 5.41) is 2.38. The molecular weight excluding hydrogens is 338 g/mol. The van der Waals surface area contributed by atoms with Crippen LogP contribution < -0.4 is 5.56 Å². The predicted octanol–water partition coefficient (Wildman–Crippen LogP) is 2.97. The molecule has 1 atom stereocenters. The Kier molecular flexibility index (Phi) is 4.87. The van der Waals surface area contributed by atoms with E-state index in [0.717, 1.165) is 11.4 Å². The summed E-state index contributed by atoms with van der Waals surface area (Å²) >= 11 is 1.42. The Morgan fingerprint density at radius 3 is 2.88 bits per heavy atom. The van der Waals surface area contributed by atoms with Crippen molar-refractivity contribution < 1.29 is 9.53 Å². The van der Waals surface area contributed by atoms with Crippen LogP contribution >= 0.6 is 11.3 Å². The van der Waals surface area contributed by atoms with E-state index in [1.165, 1.54) is 22.2 Å². The van der Waals surface area contributed by atoms with Crippen LogP contribution in [-0.2, 0) is 11.3 Å². The van der Waals surface area contributed by atoms with Crippen molar-refractivity contribution in [1.29, 1.82) is 0 Å². The molecule has 0 radical (unpaired) electrons. The fourth-order valence-electron chi connectivity index (χ4n) is 3.30. The minimum Gasteiger partial charge on any atom is -0.383 e. The smallest absolute Gasteiger partial charge is 0.262 e. The van der Waals surface area contributed by atoms with Crippen molar-refractivity contribution >= 4 is 27.3 Å². The summed E-state index contributed by atoms with van der Waals surface area (Å²) in [5.41, 5.74) is 2.35. The summed E-state index contributed by atoms with van der Waals surface area (Å²) < 4.78 is 8.70. The number of fused-ring (bicyclic) bond motifs is 1. The largest absolute Gasteiger partial charge is 0.383 e. The van der Waals surface area contributed by atoms with E-state index in [4.69, 9.17) is 4.74 Å². The second-order valence-corrected chi connectivity index (χ2v) is 7.09. The number of nitrogens with zero attached hydrogens (tertiary/aromatic N) is 3. The van der Waals surface area contributed by atoms with Crippen LogP contribution in [0.1, 0.15) is 34.7 Å². The van der Waals surface area contributed by atoms with Gasteiger partial charge in [-0.25, -0.2) is 4.98 Å². The molecule has 0 bridgehead atoms. The molecule has 3 heterocycles. The van der Waals surface area contributed by atoms with Gasteiger partial charge >= 0.3 is 0 Å². The first-order chi connectivity index (χ1) is 11.9. The molecule has 0 unspecified atom stereocenters. The Hall–Kier alpha value is -2.25. The third-order valence-electron chi connectivity index (χ3n) is 4.40. The molecule has 25 heavy (non-hydrogen) atoms. The first-order valence-electron chi connectivity index (χ1n) is 8.07. The molecule has 0 saturated carbocycles. The molecular formula is C18H21N3O3S. The number of carbonyl (C=O) groups is 1. The molecule has 0 aliphatic heterocycles. The van der Waals surface area contributed by atoms with Gasteiger partial charge in [0.05, 0.1) is 30.9 Å². The van der Waals surface area contributed by atoms with E-state index in [1.54, 1.807) is 13.2 Å². The van der Waals surface area contributed by atoms with Crippen molar-refractivity contribution in [3.63, 3.8) is 0 Å². The van der Waals surface area contributed by atoms with Gasteiger partial charge in [0.15, 0.2) is 5.78 Å². The van der Waals surface area contributed by atoms with Crippen LogP contribution in [0.2, 0.25) is 0 Å². The topological polar surface area (TPSA) is 66.1 Å². The van der Waals surface area contributed by atoms with E-state index in [9.17, 15) is 9.59 Å². The lowest BCUT2D eigenvalue weighted by atomic mass is 10.1. The SMILES string of the molecule is COC[C@@H](C)n1c(C)cc(C(=O)Cn2cnc3sccc3c2=O)c1C. The van der Waals surface area contributed by atoms with Crippen LogP contribution in [0.15, 0.2) is 28.6 Å². The number of ether oxygens (including phenoxy) is 1. The lowest BCUT2D eigenvalue weighted by Gasteiger charge is -2.17. The van der Waals surface area contributed by atoms with E-state index < -0.39 is 0 Å². The molecule has 0 amide bonds. The minimum atomic E-state index is -0.179. The molecule has 7 heteroatoms. The molecule has 3 aromatic rings. The maximum absolute atomic E-state index is 12.8. The van der Waals surface area contributed by atoms with Crippen LogP contribution in [0, 0.1) is 13.8 Å². The number of rotatable bonds is 6. The Bertz CT molecular complexity index is 983. The number of hydrogen-bond donors (Lipinski definition) is 0. The lowest BCUT2D eigenvalue weighted by Crippen LogP contribution is -2.24. The third-order valence-corrected chi connectivity index (χ3v) is 5.22. The summed E-state index contributed by atoms with van der Waals surface area (Å²) in [5.74, 6) is -0.0950. The van der Waals surface area contributed by atoms with Gasteiger partial charge in [0.1, 0.15) is 4.83 Å². The van der Waals surface area contributed by atoms with Crippen molar-refractivity contribution in [2.24, 2.45) is 0 Å². The van der Waals surface area contributed by atoms with Gasteiger partial charge < -0.3 is 9.30 Å². The van der Waals surface area contributed by atoms with Crippen LogP contribution in [0.3, 0.4) is 0 Å². The summed E-state index contributed by atoms with van der Waals surface area (Å²) in [4.78, 5) is 30.2. The molecule has 132 valence electrons. The number of aromatic nitrogens is 3. The van der Waals surface area contributed by atoms with Gasteiger partial charge in [-0.2, -0.15) is 0 Å². The molecule has 0 N–H and O–H groups in total. The zero-order valence-corrected chi connectivity index (χ0v) is 15.6. The molecule has 3 rings (SSSR count). The summed E-state index contributed by atoms with van der Waals surface area (Å²) in [7, 11) is 1.66. The lowest BCUT2D eigenvalue weighted by molar-refractivity contribution is 0.0969. The zero-order chi connectivity index (χ0) is 18.1. The van der Waals surface area contributed by atoms with Gasteiger partial charge in [0.25, 0.3) is 5.56 Å². The highest BCUT2D eigenvalue weighted by atomic mass is 32.1. The van der Waals surface area contributed by atoms with E-state index in [1.807, 2.05) is 25.3 Å². The van der Waals surface area contributed by atoms with Gasteiger partial charge in [-0.15, -0.1) is 11.3 Å². The average Bonchev–Trinajstić information content (AvgIpc) is 3.15. The fraction of sp³-hybridized carbons (Fsp3) is 0.389. The maximum Gasteiger partial charge on any atom is 0.262 e. The number of ketones is 1. The van der Waals surface area contributed by atoms with Crippen molar-refractivity contribution in [2.45, 2.75) is 33.4 Å². The number of thiophene rings is 1. The van der Waals surface area contributed by atoms with E-state index in [2.05, 4.69) is 16.5 Å². The van der Waals surface area contributed by atoms with E-state index >= 15 is 0 Å². The molecule has 0 saturated heterocycles. The highest BCUT2D eigenvalue weighted by Gasteiger charge is 2.19. The number of hydrogen-bond acceptors (Lipinski definition) is 5. The molecule has 0 aliphatic carbocycles. The number of aryl methyl sites for hydroxylation is 1. The van der Waals surface area contributed by atoms with Gasteiger partial charge in [-0.05, 0) is 38.3 Å². The Balaban J connectivity index is 1.92. The van der Waals surface area contributed by atoms with Crippen LogP contribution in [0.4, 0.5) is 0 Å². The second kappa shape index (κ2) is 6.93.